The lowest BCUT2D eigenvalue weighted by Crippen LogP contribution is -2.39. The summed E-state index contributed by atoms with van der Waals surface area (Å²) in [7, 11) is 0. The summed E-state index contributed by atoms with van der Waals surface area (Å²) in [5.74, 6) is 0.0337. The number of allylic oxidation sites excluding steroid dienone is 3. The van der Waals surface area contributed by atoms with Gasteiger partial charge in [-0.05, 0) is 56.9 Å². The Kier molecular flexibility index (Phi) is 6.96. The van der Waals surface area contributed by atoms with E-state index in [1.54, 1.807) is 0 Å². The molecule has 1 saturated carbocycles. The van der Waals surface area contributed by atoms with Gasteiger partial charge in [0.25, 0.3) is 0 Å². The average molecular weight is 452 g/mol. The Bertz CT molecular complexity index is 981. The van der Waals surface area contributed by atoms with E-state index in [-0.39, 0.29) is 23.3 Å². The fourth-order valence-corrected chi connectivity index (χ4v) is 5.48. The van der Waals surface area contributed by atoms with Gasteiger partial charge < -0.3 is 14.8 Å². The third-order valence-electron chi connectivity index (χ3n) is 6.98. The summed E-state index contributed by atoms with van der Waals surface area (Å²) in [5.41, 5.74) is 3.69. The van der Waals surface area contributed by atoms with Crippen molar-refractivity contribution in [2.45, 2.75) is 91.1 Å². The molecule has 0 radical (unpaired) electrons. The molecule has 0 saturated heterocycles. The molecule has 0 amide bonds. The van der Waals surface area contributed by atoms with Gasteiger partial charge in [-0.25, -0.2) is 4.79 Å². The molecular formula is C28H37NO4. The summed E-state index contributed by atoms with van der Waals surface area (Å²) in [6, 6.07) is 7.81. The Hall–Kier alpha value is -2.56. The summed E-state index contributed by atoms with van der Waals surface area (Å²) >= 11 is 0. The van der Waals surface area contributed by atoms with Crippen LogP contribution in [0.25, 0.3) is 0 Å². The van der Waals surface area contributed by atoms with Crippen molar-refractivity contribution in [1.82, 2.24) is 5.32 Å². The van der Waals surface area contributed by atoms with Crippen molar-refractivity contribution in [3.63, 3.8) is 0 Å². The smallest absolute Gasteiger partial charge is 0.337 e. The maximum Gasteiger partial charge on any atom is 0.337 e. The third kappa shape index (κ3) is 5.02. The number of nitrogens with one attached hydrogen (secondary N) is 1. The van der Waals surface area contributed by atoms with Gasteiger partial charge in [-0.15, -0.1) is 0 Å². The van der Waals surface area contributed by atoms with E-state index in [1.165, 1.54) is 6.42 Å². The molecule has 0 spiro atoms. The number of para-hydroxylation sites is 1. The van der Waals surface area contributed by atoms with Gasteiger partial charge in [0.1, 0.15) is 11.9 Å². The predicted octanol–water partition coefficient (Wildman–Crippen LogP) is 5.96. The molecule has 5 nitrogen and oxygen atoms in total. The highest BCUT2D eigenvalue weighted by molar-refractivity contribution is 6.04. The van der Waals surface area contributed by atoms with Gasteiger partial charge in [0.05, 0.1) is 18.1 Å². The molecule has 2 aliphatic carbocycles. The summed E-state index contributed by atoms with van der Waals surface area (Å²) in [6.45, 7) is 8.82. The minimum absolute atomic E-state index is 0.0462. The molecule has 3 aliphatic rings. The van der Waals surface area contributed by atoms with E-state index < -0.39 is 5.92 Å². The quantitative estimate of drug-likeness (QED) is 0.541. The molecule has 1 aromatic rings. The second-order valence-electron chi connectivity index (χ2n) is 10.5. The first-order chi connectivity index (χ1) is 15.8. The molecule has 5 heteroatoms. The van der Waals surface area contributed by atoms with Crippen molar-refractivity contribution in [1.29, 1.82) is 0 Å². The molecule has 1 aromatic carbocycles. The number of Topliss-reactive ketones (excluding diaryl/α,β-unsaturated/α-hetero) is 1. The summed E-state index contributed by atoms with van der Waals surface area (Å²) in [5, 5.41) is 3.43. The van der Waals surface area contributed by atoms with Crippen LogP contribution in [-0.4, -0.2) is 24.5 Å². The van der Waals surface area contributed by atoms with E-state index >= 15 is 0 Å². The molecule has 1 unspecified atom stereocenters. The van der Waals surface area contributed by atoms with Crippen LogP contribution in [-0.2, 0) is 14.3 Å². The molecule has 1 aliphatic heterocycles. The average Bonchev–Trinajstić information content (AvgIpc) is 2.76. The first kappa shape index (κ1) is 23.6. The van der Waals surface area contributed by atoms with Crippen LogP contribution < -0.4 is 10.1 Å². The zero-order valence-corrected chi connectivity index (χ0v) is 20.5. The van der Waals surface area contributed by atoms with E-state index in [9.17, 15) is 9.59 Å². The fourth-order valence-electron chi connectivity index (χ4n) is 5.48. The topological polar surface area (TPSA) is 64.6 Å². The zero-order chi connectivity index (χ0) is 23.6. The van der Waals surface area contributed by atoms with Gasteiger partial charge in [-0.1, -0.05) is 45.4 Å². The van der Waals surface area contributed by atoms with Crippen LogP contribution in [0.4, 0.5) is 0 Å². The number of ketones is 1. The number of esters is 1. The van der Waals surface area contributed by atoms with Crippen LogP contribution in [0.5, 0.6) is 5.75 Å². The number of carbonyl (C=O) groups excluding carboxylic acids is 2. The normalized spacial score (nSPS) is 23.2. The van der Waals surface area contributed by atoms with E-state index in [0.717, 1.165) is 61.2 Å². The molecule has 4 rings (SSSR count). The van der Waals surface area contributed by atoms with Crippen LogP contribution in [0.15, 0.2) is 46.8 Å². The molecule has 1 fully saturated rings. The number of rotatable bonds is 6. The standard InChI is InChI=1S/C28H37NO4/c1-5-15-32-23-14-10-9-13-20(23)25-24(27(31)33-19-11-7-6-8-12-19)18(2)29-21-16-28(3,4)17-22(30)26(21)25/h9-10,13-14,19,25,29H,5-8,11-12,15-17H2,1-4H3. The Labute approximate surface area is 197 Å². The molecule has 0 bridgehead atoms. The van der Waals surface area contributed by atoms with Crippen LogP contribution in [0.1, 0.15) is 90.5 Å². The zero-order valence-electron chi connectivity index (χ0n) is 20.5. The first-order valence-corrected chi connectivity index (χ1v) is 12.5. The summed E-state index contributed by atoms with van der Waals surface area (Å²) < 4.78 is 12.1. The van der Waals surface area contributed by atoms with Gasteiger partial charge in [0.2, 0.25) is 0 Å². The van der Waals surface area contributed by atoms with Crippen molar-refractivity contribution in [3.8, 4) is 5.75 Å². The Balaban J connectivity index is 1.79. The maximum absolute atomic E-state index is 13.6. The fraction of sp³-hybridized carbons (Fsp3) is 0.571. The molecule has 0 aromatic heterocycles. The van der Waals surface area contributed by atoms with Crippen molar-refractivity contribution in [2.75, 3.05) is 6.61 Å². The highest BCUT2D eigenvalue weighted by atomic mass is 16.5. The predicted molar refractivity (Wildman–Crippen MR) is 129 cm³/mol. The van der Waals surface area contributed by atoms with Crippen LogP contribution in [0, 0.1) is 5.41 Å². The summed E-state index contributed by atoms with van der Waals surface area (Å²) in [6.07, 6.45) is 7.27. The lowest BCUT2D eigenvalue weighted by Gasteiger charge is -2.40. The minimum atomic E-state index is -0.478. The molecule has 1 atom stereocenters. The lowest BCUT2D eigenvalue weighted by atomic mass is 9.68. The van der Waals surface area contributed by atoms with E-state index in [2.05, 4.69) is 26.1 Å². The maximum atomic E-state index is 13.6. The van der Waals surface area contributed by atoms with E-state index in [0.29, 0.717) is 24.2 Å². The van der Waals surface area contributed by atoms with Crippen molar-refractivity contribution in [2.24, 2.45) is 5.41 Å². The second-order valence-corrected chi connectivity index (χ2v) is 10.5. The van der Waals surface area contributed by atoms with Crippen LogP contribution >= 0.6 is 0 Å². The molecule has 1 heterocycles. The van der Waals surface area contributed by atoms with Crippen LogP contribution in [0.3, 0.4) is 0 Å². The number of ether oxygens (including phenoxy) is 2. The molecule has 1 N–H and O–H groups in total. The van der Waals surface area contributed by atoms with Crippen molar-refractivity contribution >= 4 is 11.8 Å². The monoisotopic (exact) mass is 451 g/mol. The minimum Gasteiger partial charge on any atom is -0.493 e. The lowest BCUT2D eigenvalue weighted by molar-refractivity contribution is -0.146. The molecule has 178 valence electrons. The largest absolute Gasteiger partial charge is 0.493 e. The highest BCUT2D eigenvalue weighted by Gasteiger charge is 2.44. The number of hydrogen-bond donors (Lipinski definition) is 1. The third-order valence-corrected chi connectivity index (χ3v) is 6.98. The second kappa shape index (κ2) is 9.74. The Morgan fingerprint density at radius 2 is 1.85 bits per heavy atom. The van der Waals surface area contributed by atoms with Crippen LogP contribution in [0.2, 0.25) is 0 Å². The highest BCUT2D eigenvalue weighted by Crippen LogP contribution is 2.48. The van der Waals surface area contributed by atoms with E-state index in [1.807, 2.05) is 31.2 Å². The first-order valence-electron chi connectivity index (χ1n) is 12.5. The Morgan fingerprint density at radius 3 is 2.58 bits per heavy atom. The van der Waals surface area contributed by atoms with Gasteiger partial charge in [-0.2, -0.15) is 0 Å². The van der Waals surface area contributed by atoms with Gasteiger partial charge in [0.15, 0.2) is 5.78 Å². The molecular weight excluding hydrogens is 414 g/mol. The number of carbonyl (C=O) groups is 2. The Morgan fingerprint density at radius 1 is 1.12 bits per heavy atom. The number of benzene rings is 1. The van der Waals surface area contributed by atoms with Crippen molar-refractivity contribution < 1.29 is 19.1 Å². The van der Waals surface area contributed by atoms with Gasteiger partial charge in [0, 0.05) is 29.0 Å². The van der Waals surface area contributed by atoms with E-state index in [4.69, 9.17) is 9.47 Å². The van der Waals surface area contributed by atoms with Gasteiger partial charge in [-0.3, -0.25) is 4.79 Å². The summed E-state index contributed by atoms with van der Waals surface area (Å²) in [4.78, 5) is 27.1. The van der Waals surface area contributed by atoms with Gasteiger partial charge >= 0.3 is 5.97 Å². The number of dihydropyridines is 1. The number of hydrogen-bond acceptors (Lipinski definition) is 5. The SMILES string of the molecule is CCCOc1ccccc1C1C(C(=O)OC2CCCCC2)=C(C)NC2=C1C(=O)CC(C)(C)C2. The van der Waals surface area contributed by atoms with Crippen molar-refractivity contribution in [3.05, 3.63) is 52.4 Å². The molecule has 33 heavy (non-hydrogen) atoms.